The fourth-order valence-electron chi connectivity index (χ4n) is 1.90. The third-order valence-corrected chi connectivity index (χ3v) is 3.33. The summed E-state index contributed by atoms with van der Waals surface area (Å²) in [6.07, 6.45) is -2.02. The highest BCUT2D eigenvalue weighted by Crippen LogP contribution is 2.38. The number of rotatable bonds is 5. The number of aliphatic hydroxyl groups is 1. The highest BCUT2D eigenvalue weighted by Gasteiger charge is 2.27. The van der Waals surface area contributed by atoms with E-state index in [0.717, 1.165) is 0 Å². The molecule has 1 aromatic rings. The number of alkyl carbamates (subject to hydrolysis) is 1. The fraction of sp³-hybridized carbons (Fsp3) is 0.417. The third-order valence-electron chi connectivity index (χ3n) is 2.87. The number of halogens is 1. The topological polar surface area (TPSA) is 111 Å². The first kappa shape index (κ1) is 15.5. The van der Waals surface area contributed by atoms with Crippen LogP contribution in [0.4, 0.5) is 10.5 Å². The van der Waals surface area contributed by atoms with E-state index in [1.54, 1.807) is 6.07 Å². The summed E-state index contributed by atoms with van der Waals surface area (Å²) in [6.45, 7) is 1.71. The van der Waals surface area contributed by atoms with Crippen LogP contribution in [0.3, 0.4) is 0 Å². The molecule has 8 nitrogen and oxygen atoms in total. The zero-order valence-corrected chi connectivity index (χ0v) is 12.6. The molecule has 0 saturated carbocycles. The first-order valence-electron chi connectivity index (χ1n) is 6.11. The Bertz CT molecular complexity index is 577. The maximum absolute atomic E-state index is 11.1. The summed E-state index contributed by atoms with van der Waals surface area (Å²) in [5.74, 6) is -0.0267. The van der Waals surface area contributed by atoms with E-state index in [4.69, 9.17) is 9.47 Å². The van der Waals surface area contributed by atoms with Crippen molar-refractivity contribution < 1.29 is 24.3 Å². The van der Waals surface area contributed by atoms with Gasteiger partial charge < -0.3 is 19.9 Å². The number of hydrogen-bond donors (Lipinski definition) is 2. The van der Waals surface area contributed by atoms with Gasteiger partial charge in [0.15, 0.2) is 6.10 Å². The predicted octanol–water partition coefficient (Wildman–Crippen LogP) is 1.90. The van der Waals surface area contributed by atoms with Gasteiger partial charge in [0.25, 0.3) is 0 Å². The van der Waals surface area contributed by atoms with E-state index in [1.807, 2.05) is 0 Å². The van der Waals surface area contributed by atoms with Crippen molar-refractivity contribution in [2.75, 3.05) is 13.2 Å². The maximum atomic E-state index is 11.1. The number of nitrogens with one attached hydrogen (secondary N) is 1. The van der Waals surface area contributed by atoms with Crippen LogP contribution in [0.25, 0.3) is 0 Å². The number of nitro groups is 1. The minimum absolute atomic E-state index is 0.0267. The SMILES string of the molecule is C[C@H](O)c1cc(Br)cc([N+](=O)[O-])c1OCC1CNC(=O)O1. The highest BCUT2D eigenvalue weighted by atomic mass is 79.9. The molecule has 114 valence electrons. The summed E-state index contributed by atoms with van der Waals surface area (Å²) in [4.78, 5) is 21.4. The predicted molar refractivity (Wildman–Crippen MR) is 75.2 cm³/mol. The molecule has 2 N–H and O–H groups in total. The molecule has 1 aromatic carbocycles. The number of aliphatic hydroxyl groups excluding tert-OH is 1. The van der Waals surface area contributed by atoms with Crippen LogP contribution >= 0.6 is 15.9 Å². The molecule has 0 radical (unpaired) electrons. The minimum Gasteiger partial charge on any atom is -0.483 e. The second kappa shape index (κ2) is 6.27. The number of amides is 1. The molecule has 1 heterocycles. The van der Waals surface area contributed by atoms with E-state index in [9.17, 15) is 20.0 Å². The Kier molecular flexibility index (Phi) is 4.63. The Morgan fingerprint density at radius 2 is 2.38 bits per heavy atom. The van der Waals surface area contributed by atoms with Gasteiger partial charge in [0.2, 0.25) is 5.75 Å². The van der Waals surface area contributed by atoms with E-state index in [1.165, 1.54) is 13.0 Å². The van der Waals surface area contributed by atoms with Gasteiger partial charge in [-0.3, -0.25) is 10.1 Å². The van der Waals surface area contributed by atoms with Crippen molar-refractivity contribution in [2.24, 2.45) is 0 Å². The molecular formula is C12H13BrN2O6. The van der Waals surface area contributed by atoms with Crippen LogP contribution < -0.4 is 10.1 Å². The van der Waals surface area contributed by atoms with Crippen LogP contribution in [0, 0.1) is 10.1 Å². The normalized spacial score (nSPS) is 18.8. The van der Waals surface area contributed by atoms with Crippen LogP contribution in [0.5, 0.6) is 5.75 Å². The molecule has 2 rings (SSSR count). The highest BCUT2D eigenvalue weighted by molar-refractivity contribution is 9.10. The molecule has 1 amide bonds. The van der Waals surface area contributed by atoms with Crippen LogP contribution in [-0.4, -0.2) is 35.4 Å². The van der Waals surface area contributed by atoms with E-state index in [0.29, 0.717) is 4.47 Å². The molecule has 9 heteroatoms. The van der Waals surface area contributed by atoms with Gasteiger partial charge >= 0.3 is 11.8 Å². The fourth-order valence-corrected chi connectivity index (χ4v) is 2.37. The van der Waals surface area contributed by atoms with Crippen molar-refractivity contribution in [2.45, 2.75) is 19.1 Å². The summed E-state index contributed by atoms with van der Waals surface area (Å²) in [5.41, 5.74) is 0.0194. The molecule has 1 aliphatic rings. The summed E-state index contributed by atoms with van der Waals surface area (Å²) in [7, 11) is 0. The van der Waals surface area contributed by atoms with Gasteiger partial charge in [0.1, 0.15) is 6.61 Å². The first-order valence-corrected chi connectivity index (χ1v) is 6.91. The van der Waals surface area contributed by atoms with Gasteiger partial charge in [-0.05, 0) is 13.0 Å². The molecular weight excluding hydrogens is 348 g/mol. The summed E-state index contributed by atoms with van der Waals surface area (Å²) >= 11 is 3.16. The van der Waals surface area contributed by atoms with Gasteiger partial charge in [0.05, 0.1) is 17.6 Å². The zero-order valence-electron chi connectivity index (χ0n) is 11.0. The number of benzene rings is 1. The largest absolute Gasteiger partial charge is 0.483 e. The number of nitro benzene ring substituents is 1. The van der Waals surface area contributed by atoms with Gasteiger partial charge in [-0.15, -0.1) is 0 Å². The van der Waals surface area contributed by atoms with E-state index < -0.39 is 23.2 Å². The van der Waals surface area contributed by atoms with Crippen LogP contribution in [0.2, 0.25) is 0 Å². The van der Waals surface area contributed by atoms with Gasteiger partial charge in [0, 0.05) is 16.1 Å². The van der Waals surface area contributed by atoms with Gasteiger partial charge in [-0.1, -0.05) is 15.9 Å². The molecule has 1 unspecified atom stereocenters. The molecule has 0 spiro atoms. The molecule has 0 bridgehead atoms. The Hall–Kier alpha value is -1.87. The average Bonchev–Trinajstić information content (AvgIpc) is 2.81. The smallest absolute Gasteiger partial charge is 0.407 e. The molecule has 0 aliphatic carbocycles. The minimum atomic E-state index is -0.944. The standard InChI is InChI=1S/C12H13BrN2O6/c1-6(16)9-2-7(13)3-10(15(18)19)11(9)20-5-8-4-14-12(17)21-8/h2-3,6,8,16H,4-5H2,1H3,(H,14,17)/t6-,8?/m0/s1. The van der Waals surface area contributed by atoms with E-state index in [2.05, 4.69) is 21.2 Å². The van der Waals surface area contributed by atoms with E-state index >= 15 is 0 Å². The van der Waals surface area contributed by atoms with Crippen molar-refractivity contribution in [1.82, 2.24) is 5.32 Å². The summed E-state index contributed by atoms with van der Waals surface area (Å²) in [6, 6.07) is 2.84. The summed E-state index contributed by atoms with van der Waals surface area (Å²) < 4.78 is 10.8. The second-order valence-corrected chi connectivity index (χ2v) is 5.41. The van der Waals surface area contributed by atoms with Crippen molar-refractivity contribution >= 4 is 27.7 Å². The molecule has 21 heavy (non-hydrogen) atoms. The molecule has 1 fully saturated rings. The van der Waals surface area contributed by atoms with Crippen LogP contribution in [0.15, 0.2) is 16.6 Å². The van der Waals surface area contributed by atoms with Crippen LogP contribution in [-0.2, 0) is 4.74 Å². The van der Waals surface area contributed by atoms with Crippen molar-refractivity contribution in [3.63, 3.8) is 0 Å². The lowest BCUT2D eigenvalue weighted by atomic mass is 10.1. The van der Waals surface area contributed by atoms with Crippen molar-refractivity contribution in [1.29, 1.82) is 0 Å². The van der Waals surface area contributed by atoms with Crippen molar-refractivity contribution in [3.05, 3.63) is 32.3 Å². The number of carbonyl (C=O) groups is 1. The molecule has 1 saturated heterocycles. The Balaban J connectivity index is 2.26. The molecule has 1 aliphatic heterocycles. The Morgan fingerprint density at radius 1 is 1.67 bits per heavy atom. The quantitative estimate of drug-likeness (QED) is 0.612. The van der Waals surface area contributed by atoms with Gasteiger partial charge in [-0.25, -0.2) is 4.79 Å². The van der Waals surface area contributed by atoms with E-state index in [-0.39, 0.29) is 30.2 Å². The number of cyclic esters (lactones) is 1. The second-order valence-electron chi connectivity index (χ2n) is 4.50. The summed E-state index contributed by atoms with van der Waals surface area (Å²) in [5, 5.41) is 23.3. The Morgan fingerprint density at radius 3 is 2.90 bits per heavy atom. The zero-order chi connectivity index (χ0) is 15.6. The third kappa shape index (κ3) is 3.61. The number of ether oxygens (including phenoxy) is 2. The lowest BCUT2D eigenvalue weighted by Crippen LogP contribution is -2.22. The Labute approximate surface area is 128 Å². The number of nitrogens with zero attached hydrogens (tertiary/aromatic N) is 1. The monoisotopic (exact) mass is 360 g/mol. The first-order chi connectivity index (χ1) is 9.88. The maximum Gasteiger partial charge on any atom is 0.407 e. The number of carbonyl (C=O) groups excluding carboxylic acids is 1. The lowest BCUT2D eigenvalue weighted by Gasteiger charge is -2.16. The average molecular weight is 361 g/mol. The van der Waals surface area contributed by atoms with Crippen LogP contribution in [0.1, 0.15) is 18.6 Å². The number of hydrogen-bond acceptors (Lipinski definition) is 6. The van der Waals surface area contributed by atoms with Gasteiger partial charge in [-0.2, -0.15) is 0 Å². The molecule has 2 atom stereocenters. The lowest BCUT2D eigenvalue weighted by molar-refractivity contribution is -0.386. The van der Waals surface area contributed by atoms with Crippen molar-refractivity contribution in [3.8, 4) is 5.75 Å². The molecule has 0 aromatic heterocycles.